The van der Waals surface area contributed by atoms with Crippen LogP contribution in [0, 0.1) is 23.7 Å². The van der Waals surface area contributed by atoms with E-state index >= 15 is 0 Å². The van der Waals surface area contributed by atoms with Crippen LogP contribution >= 0.6 is 24.8 Å². The van der Waals surface area contributed by atoms with E-state index in [1.165, 1.54) is 30.7 Å². The van der Waals surface area contributed by atoms with Crippen molar-refractivity contribution in [3.8, 4) is 0 Å². The number of nitrogens with two attached hydrogens (primary N) is 4. The first-order chi connectivity index (χ1) is 26.4. The minimum Gasteiger partial charge on any atom is -0.370 e. The molecule has 14 N–H and O–H groups in total. The molecule has 6 amide bonds. The summed E-state index contributed by atoms with van der Waals surface area (Å²) in [6.07, 6.45) is 5.75. The molecule has 2 aromatic rings. The Morgan fingerprint density at radius 2 is 1.04 bits per heavy atom. The van der Waals surface area contributed by atoms with E-state index < -0.39 is 53.7 Å². The van der Waals surface area contributed by atoms with Gasteiger partial charge in [0.15, 0.2) is 18.2 Å². The zero-order chi connectivity index (χ0) is 39.6. The Balaban J connectivity index is 0.00000435. The number of nitrogens with one attached hydrogen (secondary N) is 6. The lowest BCUT2D eigenvalue weighted by molar-refractivity contribution is -0.140. The lowest BCUT2D eigenvalue weighted by Gasteiger charge is -2.34. The summed E-state index contributed by atoms with van der Waals surface area (Å²) in [7, 11) is 0. The fraction of sp³-hybridized carbons (Fsp3) is 0.543. The van der Waals surface area contributed by atoms with Crippen LogP contribution in [0.25, 0.3) is 0 Å². The summed E-state index contributed by atoms with van der Waals surface area (Å²) in [5.41, 5.74) is 21.2. The van der Waals surface area contributed by atoms with E-state index in [0.717, 1.165) is 32.1 Å². The summed E-state index contributed by atoms with van der Waals surface area (Å²) in [6, 6.07) is 5.55. The molecule has 314 valence electrons. The summed E-state index contributed by atoms with van der Waals surface area (Å²) < 4.78 is 12.7. The lowest BCUT2D eigenvalue weighted by Crippen LogP contribution is -2.52. The number of hydrogen-bond acceptors (Lipinski definition) is 8. The molecule has 1 unspecified atom stereocenters. The Hall–Kier alpha value is -5.18. The van der Waals surface area contributed by atoms with Crippen LogP contribution in [0.15, 0.2) is 34.3 Å². The standard InChI is InChI=1S/C35H50N12O8.2ClH/c1-2-3-4-5-6-7-23-54-26-17-16-18(27(26)55-23)25(33(53)43-15-13-41-29(49)20-9-11-22(45-20)31(51)47-35(38)39)24(17)32(52)42-14-12-40-28(48)19-8-10-21(44-19)30(50)46-34(36)37;;/h8-11,17-18,23-27,44-45H,2-7,12-16H2,1H3,(H,40,48)(H,41,49)(H,42,52)(H,43,53)(H4,36,37,46,50)(H4,38,39,47,51);2*1H/t17-,18+,23?,24-,25-,26-,27+;;/m1../s1. The number of aliphatic imine (C=N–C) groups is 2. The van der Waals surface area contributed by atoms with Gasteiger partial charge in [-0.15, -0.1) is 24.8 Å². The summed E-state index contributed by atoms with van der Waals surface area (Å²) in [5.74, 6) is -5.94. The zero-order valence-corrected chi connectivity index (χ0v) is 33.0. The van der Waals surface area contributed by atoms with Crippen LogP contribution in [0.2, 0.25) is 0 Å². The smallest absolute Gasteiger partial charge is 0.296 e. The highest BCUT2D eigenvalue weighted by molar-refractivity contribution is 6.03. The van der Waals surface area contributed by atoms with E-state index in [2.05, 4.69) is 48.1 Å². The fourth-order valence-electron chi connectivity index (χ4n) is 7.62. The minimum absolute atomic E-state index is 0. The molecule has 2 saturated carbocycles. The molecule has 20 nitrogen and oxygen atoms in total. The molecule has 0 aromatic carbocycles. The topological polar surface area (TPSA) is 329 Å². The number of ether oxygens (including phenoxy) is 2. The maximum absolute atomic E-state index is 13.8. The molecule has 2 bridgehead atoms. The normalized spacial score (nSPS) is 22.5. The number of rotatable bonds is 18. The Labute approximate surface area is 341 Å². The first-order valence-electron chi connectivity index (χ1n) is 18.5. The third-order valence-electron chi connectivity index (χ3n) is 9.99. The third kappa shape index (κ3) is 11.7. The van der Waals surface area contributed by atoms with Gasteiger partial charge in [0, 0.05) is 38.0 Å². The highest BCUT2D eigenvalue weighted by Gasteiger charge is 2.66. The van der Waals surface area contributed by atoms with Gasteiger partial charge in [0.25, 0.3) is 23.6 Å². The van der Waals surface area contributed by atoms with Gasteiger partial charge in [-0.05, 0) is 43.5 Å². The van der Waals surface area contributed by atoms with Crippen molar-refractivity contribution in [3.05, 3.63) is 47.0 Å². The van der Waals surface area contributed by atoms with Gasteiger partial charge in [-0.25, -0.2) is 0 Å². The number of aromatic nitrogens is 2. The van der Waals surface area contributed by atoms with Crippen molar-refractivity contribution in [2.24, 2.45) is 56.6 Å². The Kier molecular flexibility index (Phi) is 17.3. The molecule has 0 spiro atoms. The van der Waals surface area contributed by atoms with Gasteiger partial charge < -0.3 is 63.6 Å². The van der Waals surface area contributed by atoms with Crippen molar-refractivity contribution < 1.29 is 38.2 Å². The number of unbranched alkanes of at least 4 members (excludes halogenated alkanes) is 4. The first kappa shape index (κ1) is 46.2. The number of guanidine groups is 2. The number of halogens is 2. The molecule has 0 radical (unpaired) electrons. The van der Waals surface area contributed by atoms with Crippen molar-refractivity contribution >= 4 is 72.2 Å². The number of fused-ring (bicyclic) bond motifs is 5. The molecule has 3 heterocycles. The molecule has 1 aliphatic heterocycles. The van der Waals surface area contributed by atoms with E-state index in [9.17, 15) is 28.8 Å². The highest BCUT2D eigenvalue weighted by atomic mass is 35.5. The number of H-pyrrole nitrogens is 2. The zero-order valence-electron chi connectivity index (χ0n) is 31.4. The summed E-state index contributed by atoms with van der Waals surface area (Å²) in [6.45, 7) is 2.43. The summed E-state index contributed by atoms with van der Waals surface area (Å²) in [4.78, 5) is 89.0. The number of aromatic amines is 2. The van der Waals surface area contributed by atoms with E-state index in [1.807, 2.05) is 0 Å². The third-order valence-corrected chi connectivity index (χ3v) is 9.99. The molecule has 2 aliphatic carbocycles. The van der Waals surface area contributed by atoms with Crippen LogP contribution in [-0.2, 0) is 19.1 Å². The molecule has 5 rings (SSSR count). The molecule has 7 atom stereocenters. The molecule has 57 heavy (non-hydrogen) atoms. The molecule has 22 heteroatoms. The predicted octanol–water partition coefficient (Wildman–Crippen LogP) is -0.241. The van der Waals surface area contributed by atoms with E-state index in [-0.39, 0.29) is 110 Å². The van der Waals surface area contributed by atoms with E-state index in [1.54, 1.807) is 0 Å². The van der Waals surface area contributed by atoms with Crippen LogP contribution in [0.3, 0.4) is 0 Å². The van der Waals surface area contributed by atoms with Crippen LogP contribution in [0.5, 0.6) is 0 Å². The Bertz CT molecular complexity index is 1690. The Morgan fingerprint density at radius 1 is 0.632 bits per heavy atom. The van der Waals surface area contributed by atoms with Gasteiger partial charge in [-0.2, -0.15) is 9.98 Å². The number of hydrogen-bond donors (Lipinski definition) is 10. The van der Waals surface area contributed by atoms with Gasteiger partial charge in [0.1, 0.15) is 22.8 Å². The van der Waals surface area contributed by atoms with Gasteiger partial charge in [-0.3, -0.25) is 28.8 Å². The predicted molar refractivity (Wildman–Crippen MR) is 213 cm³/mol. The van der Waals surface area contributed by atoms with Crippen molar-refractivity contribution in [2.75, 3.05) is 26.2 Å². The Morgan fingerprint density at radius 3 is 1.46 bits per heavy atom. The van der Waals surface area contributed by atoms with Crippen LogP contribution in [0.4, 0.5) is 0 Å². The number of carbonyl (C=O) groups is 6. The fourth-order valence-corrected chi connectivity index (χ4v) is 7.62. The molecule has 3 fully saturated rings. The van der Waals surface area contributed by atoms with Gasteiger partial charge in [0.05, 0.1) is 24.0 Å². The quantitative estimate of drug-likeness (QED) is 0.0528. The van der Waals surface area contributed by atoms with Crippen LogP contribution in [0.1, 0.15) is 93.8 Å². The molecule has 3 aliphatic rings. The van der Waals surface area contributed by atoms with Gasteiger partial charge in [-0.1, -0.05) is 32.6 Å². The molecular weight excluding hydrogens is 787 g/mol. The van der Waals surface area contributed by atoms with Crippen molar-refractivity contribution in [3.63, 3.8) is 0 Å². The second-order valence-electron chi connectivity index (χ2n) is 13.8. The van der Waals surface area contributed by atoms with Gasteiger partial charge in [0.2, 0.25) is 11.8 Å². The first-order valence-corrected chi connectivity index (χ1v) is 18.5. The van der Waals surface area contributed by atoms with E-state index in [4.69, 9.17) is 32.4 Å². The van der Waals surface area contributed by atoms with Crippen molar-refractivity contribution in [1.29, 1.82) is 0 Å². The number of nitrogens with zero attached hydrogens (tertiary/aromatic N) is 2. The minimum atomic E-state index is -0.733. The lowest BCUT2D eigenvalue weighted by atomic mass is 9.75. The maximum Gasteiger partial charge on any atom is 0.296 e. The molecule has 2 aromatic heterocycles. The molecular formula is C35H52Cl2N12O8. The number of amides is 6. The second-order valence-corrected chi connectivity index (χ2v) is 13.8. The van der Waals surface area contributed by atoms with Crippen LogP contribution in [-0.4, -0.2) is 102 Å². The maximum atomic E-state index is 13.8. The average molecular weight is 840 g/mol. The largest absolute Gasteiger partial charge is 0.370 e. The average Bonchev–Trinajstić information content (AvgIpc) is 3.97. The van der Waals surface area contributed by atoms with Crippen molar-refractivity contribution in [2.45, 2.75) is 70.4 Å². The molecule has 1 saturated heterocycles. The summed E-state index contributed by atoms with van der Waals surface area (Å²) in [5, 5.41) is 11.1. The SMILES string of the molecule is CCCCCCCC1O[C@@H]2[C@@H]3C[C@H]([C@@H]2O1)[C@@H](C(=O)NCCNC(=O)c1ccc(C(=O)N=C(N)N)[nH]1)[C@@H]3C(=O)NCCNC(=O)c1ccc(C(=O)N=C(N)N)[nH]1.Cl.Cl. The van der Waals surface area contributed by atoms with Crippen LogP contribution < -0.4 is 44.2 Å². The summed E-state index contributed by atoms with van der Waals surface area (Å²) >= 11 is 0. The van der Waals surface area contributed by atoms with E-state index in [0.29, 0.717) is 6.42 Å². The monoisotopic (exact) mass is 838 g/mol. The highest BCUT2D eigenvalue weighted by Crippen LogP contribution is 2.57. The number of carbonyl (C=O) groups excluding carboxylic acids is 6. The second kappa shape index (κ2) is 21.4. The van der Waals surface area contributed by atoms with Crippen molar-refractivity contribution in [1.82, 2.24) is 31.2 Å². The van der Waals surface area contributed by atoms with Gasteiger partial charge >= 0.3 is 0 Å².